The topological polar surface area (TPSA) is 132 Å². The number of halogens is 1. The summed E-state index contributed by atoms with van der Waals surface area (Å²) in [6, 6.07) is 11.6. The zero-order valence-corrected chi connectivity index (χ0v) is 22.5. The van der Waals surface area contributed by atoms with Gasteiger partial charge in [-0.3, -0.25) is 19.8 Å². The fourth-order valence-electron chi connectivity index (χ4n) is 5.18. The highest BCUT2D eigenvalue weighted by Crippen LogP contribution is 2.52. The highest BCUT2D eigenvalue weighted by Gasteiger charge is 2.46. The molecule has 10 heteroatoms. The average Bonchev–Trinajstić information content (AvgIpc) is 2.84. The van der Waals surface area contributed by atoms with Gasteiger partial charge in [0.2, 0.25) is 0 Å². The van der Waals surface area contributed by atoms with E-state index in [0.717, 1.165) is 0 Å². The standard InChI is InChI=1S/C28H29ClN4O5/c1-5-37-17-8-10-24(38-6-2)18(12-17)25-19(15-30)27(31)32(21-9-7-16(33(35)36)11-20(21)29)22-13-28(3,4)14-23(34)26(22)25/h7-12,25H,5-6,13-14,31H2,1-4H3. The first kappa shape index (κ1) is 27.0. The average molecular weight is 537 g/mol. The Kier molecular flexibility index (Phi) is 7.38. The number of carbonyl (C=O) groups is 1. The summed E-state index contributed by atoms with van der Waals surface area (Å²) in [7, 11) is 0. The van der Waals surface area contributed by atoms with Crippen molar-refractivity contribution in [1.82, 2.24) is 0 Å². The molecular formula is C28H29ClN4O5. The van der Waals surface area contributed by atoms with Gasteiger partial charge < -0.3 is 15.2 Å². The van der Waals surface area contributed by atoms with Crippen LogP contribution in [0.2, 0.25) is 5.02 Å². The number of nitro benzene ring substituents is 1. The lowest BCUT2D eigenvalue weighted by Gasteiger charge is -2.44. The summed E-state index contributed by atoms with van der Waals surface area (Å²) in [5.41, 5.74) is 8.26. The van der Waals surface area contributed by atoms with Gasteiger partial charge in [-0.1, -0.05) is 25.4 Å². The quantitative estimate of drug-likeness (QED) is 0.337. The van der Waals surface area contributed by atoms with Crippen LogP contribution >= 0.6 is 11.6 Å². The summed E-state index contributed by atoms with van der Waals surface area (Å²) in [5, 5.41) is 21.8. The lowest BCUT2D eigenvalue weighted by Crippen LogP contribution is -2.42. The third-order valence-corrected chi connectivity index (χ3v) is 6.97. The second-order valence-electron chi connectivity index (χ2n) is 9.94. The molecule has 198 valence electrons. The van der Waals surface area contributed by atoms with Crippen molar-refractivity contribution >= 4 is 28.8 Å². The van der Waals surface area contributed by atoms with E-state index in [1.54, 1.807) is 23.1 Å². The Bertz CT molecular complexity index is 1420. The van der Waals surface area contributed by atoms with Crippen molar-refractivity contribution in [3.05, 3.63) is 79.8 Å². The van der Waals surface area contributed by atoms with E-state index in [4.69, 9.17) is 26.8 Å². The van der Waals surface area contributed by atoms with E-state index in [-0.39, 0.29) is 34.3 Å². The molecule has 1 aliphatic heterocycles. The molecule has 0 saturated carbocycles. The number of hydrogen-bond donors (Lipinski definition) is 1. The van der Waals surface area contributed by atoms with Gasteiger partial charge in [0.25, 0.3) is 5.69 Å². The van der Waals surface area contributed by atoms with Crippen molar-refractivity contribution in [3.63, 3.8) is 0 Å². The number of nitrogens with two attached hydrogens (primary N) is 1. The molecule has 38 heavy (non-hydrogen) atoms. The fraction of sp³-hybridized carbons (Fsp3) is 0.357. The predicted octanol–water partition coefficient (Wildman–Crippen LogP) is 5.99. The van der Waals surface area contributed by atoms with Gasteiger partial charge in [-0.15, -0.1) is 0 Å². The Morgan fingerprint density at radius 3 is 2.50 bits per heavy atom. The van der Waals surface area contributed by atoms with Crippen molar-refractivity contribution in [1.29, 1.82) is 5.26 Å². The maximum absolute atomic E-state index is 13.8. The molecule has 9 nitrogen and oxygen atoms in total. The molecule has 2 aromatic rings. The van der Waals surface area contributed by atoms with Crippen LogP contribution in [0.1, 0.15) is 52.0 Å². The first-order valence-electron chi connectivity index (χ1n) is 12.3. The molecule has 1 heterocycles. The number of rotatable bonds is 7. The molecule has 4 rings (SSSR count). The number of carbonyl (C=O) groups excluding carboxylic acids is 1. The fourth-order valence-corrected chi connectivity index (χ4v) is 5.44. The van der Waals surface area contributed by atoms with E-state index in [1.165, 1.54) is 18.2 Å². The van der Waals surface area contributed by atoms with E-state index in [1.807, 2.05) is 27.7 Å². The van der Waals surface area contributed by atoms with E-state index < -0.39 is 16.3 Å². The van der Waals surface area contributed by atoms with Crippen LogP contribution in [-0.2, 0) is 4.79 Å². The Hall–Kier alpha value is -4.03. The molecule has 1 atom stereocenters. The highest BCUT2D eigenvalue weighted by molar-refractivity contribution is 6.33. The normalized spacial score (nSPS) is 18.7. The SMILES string of the molecule is CCOc1ccc(OCC)c(C2C(C#N)=C(N)N(c3ccc([N+](=O)[O-])cc3Cl)C3=C2C(=O)CC(C)(C)C3)c1. The summed E-state index contributed by atoms with van der Waals surface area (Å²) in [6.07, 6.45) is 0.740. The largest absolute Gasteiger partial charge is 0.494 e. The zero-order valence-electron chi connectivity index (χ0n) is 21.7. The number of ketones is 1. The highest BCUT2D eigenvalue weighted by atomic mass is 35.5. The second-order valence-corrected chi connectivity index (χ2v) is 10.3. The molecule has 1 aliphatic carbocycles. The van der Waals surface area contributed by atoms with Crippen molar-refractivity contribution in [3.8, 4) is 17.6 Å². The number of ether oxygens (including phenoxy) is 2. The molecule has 1 unspecified atom stereocenters. The minimum atomic E-state index is -0.784. The van der Waals surface area contributed by atoms with Crippen LogP contribution in [-0.4, -0.2) is 23.9 Å². The monoisotopic (exact) mass is 536 g/mol. The smallest absolute Gasteiger partial charge is 0.271 e. The molecule has 0 bridgehead atoms. The van der Waals surface area contributed by atoms with Crippen molar-refractivity contribution < 1.29 is 19.2 Å². The lowest BCUT2D eigenvalue weighted by atomic mass is 9.68. The van der Waals surface area contributed by atoms with E-state index in [2.05, 4.69) is 6.07 Å². The number of allylic oxidation sites excluding steroid dienone is 3. The van der Waals surface area contributed by atoms with Gasteiger partial charge in [0.15, 0.2) is 5.78 Å². The summed E-state index contributed by atoms with van der Waals surface area (Å²) in [4.78, 5) is 26.2. The van der Waals surface area contributed by atoms with Crippen LogP contribution in [0.4, 0.5) is 11.4 Å². The van der Waals surface area contributed by atoms with Gasteiger partial charge in [0.05, 0.1) is 46.4 Å². The second kappa shape index (κ2) is 10.4. The summed E-state index contributed by atoms with van der Waals surface area (Å²) in [5.74, 6) is 0.297. The third-order valence-electron chi connectivity index (χ3n) is 6.67. The van der Waals surface area contributed by atoms with Crippen LogP contribution in [0.15, 0.2) is 59.1 Å². The van der Waals surface area contributed by atoms with Crippen LogP contribution < -0.4 is 20.1 Å². The Morgan fingerprint density at radius 2 is 1.89 bits per heavy atom. The van der Waals surface area contributed by atoms with Crippen LogP contribution in [0.5, 0.6) is 11.5 Å². The van der Waals surface area contributed by atoms with Gasteiger partial charge in [-0.2, -0.15) is 5.26 Å². The minimum absolute atomic E-state index is 0.0777. The number of anilines is 1. The van der Waals surface area contributed by atoms with Crippen molar-refractivity contribution in [2.45, 2.75) is 46.5 Å². The van der Waals surface area contributed by atoms with Crippen LogP contribution in [0, 0.1) is 26.9 Å². The molecule has 2 aliphatic rings. The molecule has 2 N–H and O–H groups in total. The number of Topliss-reactive ketones (excluding diaryl/α,β-unsaturated/α-hetero) is 1. The summed E-state index contributed by atoms with van der Waals surface area (Å²) >= 11 is 6.53. The van der Waals surface area contributed by atoms with Gasteiger partial charge in [0.1, 0.15) is 17.3 Å². The molecular weight excluding hydrogens is 508 g/mol. The van der Waals surface area contributed by atoms with Crippen LogP contribution in [0.3, 0.4) is 0 Å². The Labute approximate surface area is 226 Å². The molecule has 0 aromatic heterocycles. The molecule has 0 radical (unpaired) electrons. The Balaban J connectivity index is 2.03. The first-order chi connectivity index (χ1) is 18.0. The molecule has 0 saturated heterocycles. The number of non-ortho nitro benzene ring substituents is 1. The van der Waals surface area contributed by atoms with Gasteiger partial charge >= 0.3 is 0 Å². The van der Waals surface area contributed by atoms with Gasteiger partial charge in [0, 0.05) is 35.4 Å². The maximum atomic E-state index is 13.8. The first-order valence-corrected chi connectivity index (χ1v) is 12.7. The maximum Gasteiger partial charge on any atom is 0.271 e. The molecule has 2 aromatic carbocycles. The number of nitro groups is 1. The predicted molar refractivity (Wildman–Crippen MR) is 144 cm³/mol. The lowest BCUT2D eigenvalue weighted by molar-refractivity contribution is -0.384. The van der Waals surface area contributed by atoms with E-state index >= 15 is 0 Å². The van der Waals surface area contributed by atoms with E-state index in [0.29, 0.717) is 53.7 Å². The molecule has 0 spiro atoms. The molecule has 0 amide bonds. The van der Waals surface area contributed by atoms with Crippen molar-refractivity contribution in [2.24, 2.45) is 11.1 Å². The number of nitriles is 1. The van der Waals surface area contributed by atoms with Gasteiger partial charge in [-0.25, -0.2) is 0 Å². The van der Waals surface area contributed by atoms with E-state index in [9.17, 15) is 20.2 Å². The zero-order chi connectivity index (χ0) is 27.8. The number of benzene rings is 2. The minimum Gasteiger partial charge on any atom is -0.494 e. The Morgan fingerprint density at radius 1 is 1.18 bits per heavy atom. The summed E-state index contributed by atoms with van der Waals surface area (Å²) < 4.78 is 11.6. The van der Waals surface area contributed by atoms with Gasteiger partial charge in [-0.05, 0) is 49.9 Å². The van der Waals surface area contributed by atoms with Crippen molar-refractivity contribution in [2.75, 3.05) is 18.1 Å². The number of nitrogens with zero attached hydrogens (tertiary/aromatic N) is 3. The molecule has 0 fully saturated rings. The third kappa shape index (κ3) is 4.79. The van der Waals surface area contributed by atoms with Crippen LogP contribution in [0.25, 0.3) is 0 Å². The summed E-state index contributed by atoms with van der Waals surface area (Å²) in [6.45, 7) is 8.52. The number of hydrogen-bond acceptors (Lipinski definition) is 8.